The Bertz CT molecular complexity index is 569. The summed E-state index contributed by atoms with van der Waals surface area (Å²) in [5, 5.41) is 5.05. The van der Waals surface area contributed by atoms with Crippen molar-refractivity contribution in [3.63, 3.8) is 0 Å². The fourth-order valence-corrected chi connectivity index (χ4v) is 2.90. The van der Waals surface area contributed by atoms with Gasteiger partial charge >= 0.3 is 0 Å². The molecule has 2 aromatic rings. The highest BCUT2D eigenvalue weighted by atomic mass is 79.9. The quantitative estimate of drug-likeness (QED) is 0.828. The summed E-state index contributed by atoms with van der Waals surface area (Å²) in [5.74, 6) is -0.0977. The van der Waals surface area contributed by atoms with Crippen LogP contribution in [0.3, 0.4) is 0 Å². The van der Waals surface area contributed by atoms with Gasteiger partial charge in [0.1, 0.15) is 0 Å². The number of thiophene rings is 1. The lowest BCUT2D eigenvalue weighted by Gasteiger charge is -2.15. The maximum Gasteiger partial charge on any atom is 0.251 e. The first-order valence-corrected chi connectivity index (χ1v) is 7.68. The van der Waals surface area contributed by atoms with Crippen molar-refractivity contribution in [2.75, 3.05) is 5.73 Å². The molecular weight excluding hydrogens is 324 g/mol. The highest BCUT2D eigenvalue weighted by Crippen LogP contribution is 2.23. The molecule has 0 bridgehead atoms. The van der Waals surface area contributed by atoms with Crippen LogP contribution < -0.4 is 11.1 Å². The minimum atomic E-state index is -0.0977. The van der Waals surface area contributed by atoms with Crippen LogP contribution in [0.4, 0.5) is 5.69 Å². The van der Waals surface area contributed by atoms with Gasteiger partial charge in [-0.25, -0.2) is 0 Å². The zero-order chi connectivity index (χ0) is 13.8. The normalized spacial score (nSPS) is 12.1. The van der Waals surface area contributed by atoms with E-state index in [-0.39, 0.29) is 11.9 Å². The predicted octanol–water partition coefficient (Wildman–Crippen LogP) is 3.97. The van der Waals surface area contributed by atoms with E-state index < -0.39 is 0 Å². The molecule has 5 heteroatoms. The van der Waals surface area contributed by atoms with Crippen molar-refractivity contribution in [3.05, 3.63) is 50.6 Å². The molecule has 1 unspecified atom stereocenters. The SMILES string of the molecule is CCC(NC(=O)c1ccc(Br)c(N)c1)c1cccs1. The lowest BCUT2D eigenvalue weighted by Crippen LogP contribution is -2.27. The van der Waals surface area contributed by atoms with Gasteiger partial charge in [0, 0.05) is 20.6 Å². The van der Waals surface area contributed by atoms with Crippen LogP contribution in [-0.2, 0) is 0 Å². The van der Waals surface area contributed by atoms with E-state index in [1.54, 1.807) is 29.5 Å². The highest BCUT2D eigenvalue weighted by Gasteiger charge is 2.15. The second kappa shape index (κ2) is 6.21. The Morgan fingerprint density at radius 2 is 2.26 bits per heavy atom. The van der Waals surface area contributed by atoms with Gasteiger partial charge in [-0.15, -0.1) is 11.3 Å². The monoisotopic (exact) mass is 338 g/mol. The molecular formula is C14H15BrN2OS. The number of nitrogen functional groups attached to an aromatic ring is 1. The highest BCUT2D eigenvalue weighted by molar-refractivity contribution is 9.10. The average Bonchev–Trinajstić information content (AvgIpc) is 2.92. The number of hydrogen-bond donors (Lipinski definition) is 2. The Labute approximate surface area is 125 Å². The number of anilines is 1. The smallest absolute Gasteiger partial charge is 0.251 e. The summed E-state index contributed by atoms with van der Waals surface area (Å²) in [6.45, 7) is 2.06. The minimum Gasteiger partial charge on any atom is -0.398 e. The summed E-state index contributed by atoms with van der Waals surface area (Å²) in [5.41, 5.74) is 6.94. The molecule has 100 valence electrons. The lowest BCUT2D eigenvalue weighted by atomic mass is 10.1. The molecule has 1 aromatic carbocycles. The van der Waals surface area contributed by atoms with Crippen LogP contribution in [0.1, 0.15) is 34.6 Å². The van der Waals surface area contributed by atoms with Crippen molar-refractivity contribution in [2.24, 2.45) is 0 Å². The molecule has 1 aromatic heterocycles. The fraction of sp³-hybridized carbons (Fsp3) is 0.214. The molecule has 0 aliphatic carbocycles. The van der Waals surface area contributed by atoms with E-state index in [9.17, 15) is 4.79 Å². The number of hydrogen-bond acceptors (Lipinski definition) is 3. The predicted molar refractivity (Wildman–Crippen MR) is 83.4 cm³/mol. The topological polar surface area (TPSA) is 55.1 Å². The molecule has 0 saturated heterocycles. The van der Waals surface area contributed by atoms with Crippen molar-refractivity contribution in [3.8, 4) is 0 Å². The molecule has 0 spiro atoms. The Hall–Kier alpha value is -1.33. The number of nitrogens with one attached hydrogen (secondary N) is 1. The Morgan fingerprint density at radius 3 is 2.84 bits per heavy atom. The molecule has 2 rings (SSSR count). The molecule has 1 heterocycles. The molecule has 3 nitrogen and oxygen atoms in total. The van der Waals surface area contributed by atoms with Crippen molar-refractivity contribution in [1.29, 1.82) is 0 Å². The number of nitrogens with two attached hydrogens (primary N) is 1. The van der Waals surface area contributed by atoms with Gasteiger partial charge in [-0.1, -0.05) is 13.0 Å². The first-order chi connectivity index (χ1) is 9.11. The number of carbonyl (C=O) groups excluding carboxylic acids is 1. The summed E-state index contributed by atoms with van der Waals surface area (Å²) in [7, 11) is 0. The van der Waals surface area contributed by atoms with Crippen LogP contribution in [-0.4, -0.2) is 5.91 Å². The van der Waals surface area contributed by atoms with Crippen LogP contribution in [0, 0.1) is 0 Å². The number of benzene rings is 1. The standard InChI is InChI=1S/C14H15BrN2OS/c1-2-12(13-4-3-7-19-13)17-14(18)9-5-6-10(15)11(16)8-9/h3-8,12H,2,16H2,1H3,(H,17,18). The molecule has 3 N–H and O–H groups in total. The third-order valence-electron chi connectivity index (χ3n) is 2.86. The minimum absolute atomic E-state index is 0.0531. The third-order valence-corrected chi connectivity index (χ3v) is 4.57. The second-order valence-electron chi connectivity index (χ2n) is 4.19. The van der Waals surface area contributed by atoms with Gasteiger partial charge in [0.05, 0.1) is 6.04 Å². The third kappa shape index (κ3) is 3.36. The number of halogens is 1. The Kier molecular flexibility index (Phi) is 4.61. The van der Waals surface area contributed by atoms with Crippen LogP contribution in [0.15, 0.2) is 40.2 Å². The summed E-state index contributed by atoms with van der Waals surface area (Å²) in [4.78, 5) is 13.4. The van der Waals surface area contributed by atoms with Crippen LogP contribution in [0.25, 0.3) is 0 Å². The Balaban J connectivity index is 2.13. The van der Waals surface area contributed by atoms with Gasteiger partial charge in [-0.3, -0.25) is 4.79 Å². The molecule has 0 aliphatic heterocycles. The lowest BCUT2D eigenvalue weighted by molar-refractivity contribution is 0.0936. The van der Waals surface area contributed by atoms with Gasteiger partial charge in [0.2, 0.25) is 0 Å². The van der Waals surface area contributed by atoms with Crippen molar-refractivity contribution >= 4 is 38.9 Å². The maximum absolute atomic E-state index is 12.2. The van der Waals surface area contributed by atoms with Gasteiger partial charge < -0.3 is 11.1 Å². The molecule has 0 aliphatic rings. The first-order valence-electron chi connectivity index (χ1n) is 6.01. The van der Waals surface area contributed by atoms with E-state index in [1.165, 1.54) is 4.88 Å². The van der Waals surface area contributed by atoms with Crippen LogP contribution >= 0.6 is 27.3 Å². The zero-order valence-corrected chi connectivity index (χ0v) is 12.9. The molecule has 0 fully saturated rings. The van der Waals surface area contributed by atoms with E-state index in [4.69, 9.17) is 5.73 Å². The summed E-state index contributed by atoms with van der Waals surface area (Å²) >= 11 is 4.97. The van der Waals surface area contributed by atoms with E-state index in [0.717, 1.165) is 10.9 Å². The Morgan fingerprint density at radius 1 is 1.47 bits per heavy atom. The van der Waals surface area contributed by atoms with Gasteiger partial charge in [0.15, 0.2) is 0 Å². The van der Waals surface area contributed by atoms with E-state index in [1.807, 2.05) is 17.5 Å². The second-order valence-corrected chi connectivity index (χ2v) is 6.02. The molecule has 0 saturated carbocycles. The van der Waals surface area contributed by atoms with E-state index in [2.05, 4.69) is 28.2 Å². The van der Waals surface area contributed by atoms with Crippen LogP contribution in [0.2, 0.25) is 0 Å². The van der Waals surface area contributed by atoms with E-state index in [0.29, 0.717) is 11.3 Å². The van der Waals surface area contributed by atoms with Gasteiger partial charge in [-0.2, -0.15) is 0 Å². The van der Waals surface area contributed by atoms with Crippen molar-refractivity contribution < 1.29 is 4.79 Å². The van der Waals surface area contributed by atoms with Crippen molar-refractivity contribution in [2.45, 2.75) is 19.4 Å². The molecule has 0 radical (unpaired) electrons. The number of amides is 1. The zero-order valence-electron chi connectivity index (χ0n) is 10.5. The van der Waals surface area contributed by atoms with Crippen LogP contribution in [0.5, 0.6) is 0 Å². The average molecular weight is 339 g/mol. The molecule has 1 atom stereocenters. The van der Waals surface area contributed by atoms with Crippen molar-refractivity contribution in [1.82, 2.24) is 5.32 Å². The summed E-state index contributed by atoms with van der Waals surface area (Å²) in [6.07, 6.45) is 0.859. The first kappa shape index (κ1) is 14.1. The summed E-state index contributed by atoms with van der Waals surface area (Å²) < 4.78 is 0.800. The fourth-order valence-electron chi connectivity index (χ4n) is 1.79. The number of carbonyl (C=O) groups is 1. The molecule has 19 heavy (non-hydrogen) atoms. The molecule has 1 amide bonds. The maximum atomic E-state index is 12.2. The van der Waals surface area contributed by atoms with Gasteiger partial charge in [0.25, 0.3) is 5.91 Å². The summed E-state index contributed by atoms with van der Waals surface area (Å²) in [6, 6.07) is 9.31. The van der Waals surface area contributed by atoms with Gasteiger partial charge in [-0.05, 0) is 52.0 Å². The number of rotatable bonds is 4. The largest absolute Gasteiger partial charge is 0.398 e. The van der Waals surface area contributed by atoms with E-state index >= 15 is 0 Å².